The lowest BCUT2D eigenvalue weighted by Crippen LogP contribution is -1.92. The van der Waals surface area contributed by atoms with Gasteiger partial charge in [-0.25, -0.2) is 4.98 Å². The number of nitrogen functional groups attached to an aromatic ring is 1. The van der Waals surface area contributed by atoms with Crippen molar-refractivity contribution < 1.29 is 5.11 Å². The Hall–Kier alpha value is -1.13. The number of nitrogens with two attached hydrogens (primary N) is 1. The van der Waals surface area contributed by atoms with E-state index in [0.29, 0.717) is 0 Å². The highest BCUT2D eigenvalue weighted by Crippen LogP contribution is 2.34. The molecular weight excluding hydrogens is 196 g/mol. The first-order chi connectivity index (χ1) is 6.63. The first kappa shape index (κ1) is 9.43. The Morgan fingerprint density at radius 1 is 1.50 bits per heavy atom. The first-order valence-electron chi connectivity index (χ1n) is 4.39. The average molecular weight is 208 g/mol. The van der Waals surface area contributed by atoms with E-state index in [1.54, 1.807) is 11.3 Å². The molecule has 0 aliphatic rings. The van der Waals surface area contributed by atoms with Crippen molar-refractivity contribution in [2.24, 2.45) is 0 Å². The smallest absolute Gasteiger partial charge is 0.126 e. The number of aliphatic hydroxyl groups is 1. The molecule has 0 amide bonds. The van der Waals surface area contributed by atoms with E-state index >= 15 is 0 Å². The van der Waals surface area contributed by atoms with Gasteiger partial charge < -0.3 is 10.8 Å². The summed E-state index contributed by atoms with van der Waals surface area (Å²) in [4.78, 5) is 6.38. The van der Waals surface area contributed by atoms with Crippen LogP contribution in [0.2, 0.25) is 0 Å². The summed E-state index contributed by atoms with van der Waals surface area (Å²) in [6, 6.07) is 1.88. The van der Waals surface area contributed by atoms with Gasteiger partial charge in [0.2, 0.25) is 0 Å². The van der Waals surface area contributed by atoms with Gasteiger partial charge in [-0.05, 0) is 25.5 Å². The van der Waals surface area contributed by atoms with Crippen molar-refractivity contribution in [3.05, 3.63) is 22.2 Å². The fourth-order valence-corrected chi connectivity index (χ4v) is 2.61. The third-order valence-corrected chi connectivity index (χ3v) is 3.28. The Labute approximate surface area is 86.2 Å². The van der Waals surface area contributed by atoms with Gasteiger partial charge in [0.25, 0.3) is 0 Å². The highest BCUT2D eigenvalue weighted by Gasteiger charge is 2.11. The minimum atomic E-state index is 0.0141. The maximum atomic E-state index is 9.22. The number of rotatable bonds is 1. The number of aromatic nitrogens is 1. The van der Waals surface area contributed by atoms with Gasteiger partial charge in [-0.3, -0.25) is 0 Å². The molecule has 2 aromatic heterocycles. The zero-order valence-electron chi connectivity index (χ0n) is 8.16. The largest absolute Gasteiger partial charge is 0.397 e. The highest BCUT2D eigenvalue weighted by atomic mass is 32.1. The predicted octanol–water partition coefficient (Wildman–Crippen LogP) is 1.99. The highest BCUT2D eigenvalue weighted by molar-refractivity contribution is 7.19. The van der Waals surface area contributed by atoms with Crippen molar-refractivity contribution in [2.45, 2.75) is 20.5 Å². The molecule has 0 aliphatic carbocycles. The normalized spacial score (nSPS) is 11.1. The lowest BCUT2D eigenvalue weighted by atomic mass is 10.1. The number of nitrogens with zero attached hydrogens (tertiary/aromatic N) is 1. The Morgan fingerprint density at radius 3 is 2.86 bits per heavy atom. The molecule has 2 rings (SSSR count). The van der Waals surface area contributed by atoms with Crippen molar-refractivity contribution in [2.75, 3.05) is 5.73 Å². The van der Waals surface area contributed by atoms with E-state index in [1.807, 2.05) is 19.9 Å². The van der Waals surface area contributed by atoms with Crippen LogP contribution < -0.4 is 5.73 Å². The van der Waals surface area contributed by atoms with Crippen LogP contribution in [0.15, 0.2) is 6.07 Å². The predicted molar refractivity (Wildman–Crippen MR) is 59.4 cm³/mol. The SMILES string of the molecule is Cc1cc(CO)c2c(N)c(C)sc2n1. The summed E-state index contributed by atoms with van der Waals surface area (Å²) in [7, 11) is 0. The molecule has 0 radical (unpaired) electrons. The van der Waals surface area contributed by atoms with Crippen LogP contribution in [0.5, 0.6) is 0 Å². The molecule has 2 aromatic rings. The molecule has 3 N–H and O–H groups in total. The second kappa shape index (κ2) is 3.22. The molecule has 0 aromatic carbocycles. The second-order valence-electron chi connectivity index (χ2n) is 3.33. The Balaban J connectivity index is 2.88. The molecule has 74 valence electrons. The molecule has 0 atom stereocenters. The van der Waals surface area contributed by atoms with Crippen molar-refractivity contribution in [1.29, 1.82) is 0 Å². The number of thiophene rings is 1. The fraction of sp³-hybridized carbons (Fsp3) is 0.300. The van der Waals surface area contributed by atoms with Gasteiger partial charge in [0.05, 0.1) is 12.3 Å². The monoisotopic (exact) mass is 208 g/mol. The van der Waals surface area contributed by atoms with Crippen molar-refractivity contribution in [3.63, 3.8) is 0 Å². The molecule has 0 aliphatic heterocycles. The molecule has 4 heteroatoms. The standard InChI is InChI=1S/C10H12N2OS/c1-5-3-7(4-13)8-9(11)6(2)14-10(8)12-5/h3,13H,4,11H2,1-2H3. The molecule has 0 fully saturated rings. The van der Waals surface area contributed by atoms with Crippen LogP contribution >= 0.6 is 11.3 Å². The lowest BCUT2D eigenvalue weighted by Gasteiger charge is -2.01. The van der Waals surface area contributed by atoms with Crippen LogP contribution in [0.3, 0.4) is 0 Å². The van der Waals surface area contributed by atoms with Gasteiger partial charge in [0, 0.05) is 16.0 Å². The number of anilines is 1. The summed E-state index contributed by atoms with van der Waals surface area (Å²) in [5.74, 6) is 0. The fourth-order valence-electron chi connectivity index (χ4n) is 1.57. The molecule has 0 bridgehead atoms. The number of hydrogen-bond donors (Lipinski definition) is 2. The van der Waals surface area contributed by atoms with E-state index in [4.69, 9.17) is 5.73 Å². The van der Waals surface area contributed by atoms with E-state index in [9.17, 15) is 5.11 Å². The van der Waals surface area contributed by atoms with E-state index < -0.39 is 0 Å². The van der Waals surface area contributed by atoms with Gasteiger partial charge in [0.15, 0.2) is 0 Å². The Kier molecular flexibility index (Phi) is 2.17. The summed E-state index contributed by atoms with van der Waals surface area (Å²) < 4.78 is 0. The number of fused-ring (bicyclic) bond motifs is 1. The molecule has 14 heavy (non-hydrogen) atoms. The Bertz CT molecular complexity index is 490. The summed E-state index contributed by atoms with van der Waals surface area (Å²) >= 11 is 1.58. The number of aryl methyl sites for hydroxylation is 2. The number of hydrogen-bond acceptors (Lipinski definition) is 4. The number of pyridine rings is 1. The number of aliphatic hydroxyl groups excluding tert-OH is 1. The van der Waals surface area contributed by atoms with Crippen molar-refractivity contribution >= 4 is 27.2 Å². The molecule has 0 unspecified atom stereocenters. The van der Waals surface area contributed by atoms with Crippen LogP contribution in [0.25, 0.3) is 10.2 Å². The van der Waals surface area contributed by atoms with E-state index in [-0.39, 0.29) is 6.61 Å². The molecular formula is C10H12N2OS. The van der Waals surface area contributed by atoms with Crippen LogP contribution in [0.1, 0.15) is 16.1 Å². The van der Waals surface area contributed by atoms with Gasteiger partial charge >= 0.3 is 0 Å². The third kappa shape index (κ3) is 1.27. The molecule has 0 saturated heterocycles. The van der Waals surface area contributed by atoms with Gasteiger partial charge in [-0.2, -0.15) is 0 Å². The second-order valence-corrected chi connectivity index (χ2v) is 4.54. The first-order valence-corrected chi connectivity index (χ1v) is 5.21. The summed E-state index contributed by atoms with van der Waals surface area (Å²) in [5.41, 5.74) is 8.46. The lowest BCUT2D eigenvalue weighted by molar-refractivity contribution is 0.283. The average Bonchev–Trinajstić information content (AvgIpc) is 2.41. The van der Waals surface area contributed by atoms with Crippen LogP contribution in [0.4, 0.5) is 5.69 Å². The van der Waals surface area contributed by atoms with E-state index in [2.05, 4.69) is 4.98 Å². The molecule has 2 heterocycles. The van der Waals surface area contributed by atoms with Crippen LogP contribution in [0, 0.1) is 13.8 Å². The van der Waals surface area contributed by atoms with E-state index in [1.165, 1.54) is 0 Å². The third-order valence-electron chi connectivity index (χ3n) is 2.26. The van der Waals surface area contributed by atoms with E-state index in [0.717, 1.165) is 32.0 Å². The zero-order chi connectivity index (χ0) is 10.3. The molecule has 0 saturated carbocycles. The van der Waals surface area contributed by atoms with Gasteiger partial charge in [0.1, 0.15) is 4.83 Å². The molecule has 3 nitrogen and oxygen atoms in total. The maximum absolute atomic E-state index is 9.22. The minimum absolute atomic E-state index is 0.0141. The van der Waals surface area contributed by atoms with Crippen molar-refractivity contribution in [1.82, 2.24) is 4.98 Å². The maximum Gasteiger partial charge on any atom is 0.126 e. The quantitative estimate of drug-likeness (QED) is 0.753. The Morgan fingerprint density at radius 2 is 2.21 bits per heavy atom. The summed E-state index contributed by atoms with van der Waals surface area (Å²) in [6.07, 6.45) is 0. The zero-order valence-corrected chi connectivity index (χ0v) is 8.98. The summed E-state index contributed by atoms with van der Waals surface area (Å²) in [5, 5.41) is 10.1. The van der Waals surface area contributed by atoms with Gasteiger partial charge in [-0.1, -0.05) is 0 Å². The van der Waals surface area contributed by atoms with Crippen LogP contribution in [-0.2, 0) is 6.61 Å². The topological polar surface area (TPSA) is 59.1 Å². The summed E-state index contributed by atoms with van der Waals surface area (Å²) in [6.45, 7) is 3.91. The van der Waals surface area contributed by atoms with Crippen molar-refractivity contribution in [3.8, 4) is 0 Å². The van der Waals surface area contributed by atoms with Gasteiger partial charge in [-0.15, -0.1) is 11.3 Å². The minimum Gasteiger partial charge on any atom is -0.397 e. The van der Waals surface area contributed by atoms with Crippen LogP contribution in [-0.4, -0.2) is 10.1 Å². The molecule has 0 spiro atoms.